The van der Waals surface area contributed by atoms with Gasteiger partial charge in [-0.2, -0.15) is 0 Å². The maximum absolute atomic E-state index is 5.79. The Morgan fingerprint density at radius 1 is 1.39 bits per heavy atom. The quantitative estimate of drug-likeness (QED) is 0.622. The van der Waals surface area contributed by atoms with Crippen LogP contribution in [0.4, 0.5) is 0 Å². The Morgan fingerprint density at radius 3 is 2.78 bits per heavy atom. The molecule has 3 heteroatoms. The van der Waals surface area contributed by atoms with Gasteiger partial charge in [0, 0.05) is 5.56 Å². The number of hydrogen-bond donors (Lipinski definition) is 2. The summed E-state index contributed by atoms with van der Waals surface area (Å²) in [6, 6.07) is 8.43. The van der Waals surface area contributed by atoms with Gasteiger partial charge in [0.05, 0.1) is 12.6 Å². The zero-order valence-corrected chi connectivity index (χ0v) is 11.4. The second-order valence-corrected chi connectivity index (χ2v) is 5.29. The molecule has 2 rings (SSSR count). The summed E-state index contributed by atoms with van der Waals surface area (Å²) < 4.78 is 5.71. The van der Waals surface area contributed by atoms with Gasteiger partial charge in [-0.25, -0.2) is 0 Å². The third-order valence-corrected chi connectivity index (χ3v) is 3.94. The van der Waals surface area contributed by atoms with Crippen molar-refractivity contribution in [2.24, 2.45) is 17.7 Å². The van der Waals surface area contributed by atoms with Crippen molar-refractivity contribution in [3.8, 4) is 5.75 Å². The Labute approximate surface area is 110 Å². The molecule has 3 nitrogen and oxygen atoms in total. The Morgan fingerprint density at radius 2 is 2.17 bits per heavy atom. The monoisotopic (exact) mass is 248 g/mol. The summed E-state index contributed by atoms with van der Waals surface area (Å²) >= 11 is 0. The van der Waals surface area contributed by atoms with Crippen molar-refractivity contribution >= 4 is 0 Å². The van der Waals surface area contributed by atoms with Gasteiger partial charge in [0.25, 0.3) is 0 Å². The first-order chi connectivity index (χ1) is 8.76. The number of benzene rings is 1. The van der Waals surface area contributed by atoms with Crippen LogP contribution < -0.4 is 16.0 Å². The van der Waals surface area contributed by atoms with Crippen LogP contribution in [0.1, 0.15) is 44.7 Å². The van der Waals surface area contributed by atoms with Gasteiger partial charge in [0.2, 0.25) is 0 Å². The molecule has 1 aromatic carbocycles. The van der Waals surface area contributed by atoms with E-state index < -0.39 is 0 Å². The summed E-state index contributed by atoms with van der Waals surface area (Å²) in [6.45, 7) is 5.02. The van der Waals surface area contributed by atoms with Gasteiger partial charge >= 0.3 is 0 Å². The second-order valence-electron chi connectivity index (χ2n) is 5.29. The maximum atomic E-state index is 5.79. The smallest absolute Gasteiger partial charge is 0.124 e. The number of ether oxygens (including phenoxy) is 1. The van der Waals surface area contributed by atoms with E-state index in [-0.39, 0.29) is 6.04 Å². The molecule has 0 spiro atoms. The Bertz CT molecular complexity index is 381. The van der Waals surface area contributed by atoms with E-state index in [1.807, 2.05) is 19.1 Å². The average molecular weight is 248 g/mol. The molecule has 1 saturated carbocycles. The lowest BCUT2D eigenvalue weighted by Gasteiger charge is -2.25. The van der Waals surface area contributed by atoms with Crippen LogP contribution in [0.3, 0.4) is 0 Å². The fourth-order valence-electron chi connectivity index (χ4n) is 3.06. The standard InChI is InChI=1S/C15H24N2O/c1-3-18-14-7-5-4-6-13(14)15(17-16)12-9-8-11(2)10-12/h4-7,11-12,15,17H,3,8-10,16H2,1-2H3. The summed E-state index contributed by atoms with van der Waals surface area (Å²) in [6.07, 6.45) is 3.80. The lowest BCUT2D eigenvalue weighted by Crippen LogP contribution is -2.33. The first kappa shape index (κ1) is 13.4. The molecular formula is C15H24N2O. The molecule has 1 fully saturated rings. The molecule has 18 heavy (non-hydrogen) atoms. The molecule has 3 atom stereocenters. The first-order valence-electron chi connectivity index (χ1n) is 6.94. The largest absolute Gasteiger partial charge is 0.494 e. The minimum atomic E-state index is 0.206. The third-order valence-electron chi connectivity index (χ3n) is 3.94. The highest BCUT2D eigenvalue weighted by atomic mass is 16.5. The third kappa shape index (κ3) is 2.85. The van der Waals surface area contributed by atoms with Crippen LogP contribution in [0.2, 0.25) is 0 Å². The molecule has 0 aliphatic heterocycles. The predicted molar refractivity (Wildman–Crippen MR) is 74.2 cm³/mol. The van der Waals surface area contributed by atoms with Gasteiger partial charge in [0.1, 0.15) is 5.75 Å². The van der Waals surface area contributed by atoms with Crippen LogP contribution in [-0.2, 0) is 0 Å². The summed E-state index contributed by atoms with van der Waals surface area (Å²) in [5, 5.41) is 0. The minimum Gasteiger partial charge on any atom is -0.494 e. The van der Waals surface area contributed by atoms with Crippen LogP contribution in [-0.4, -0.2) is 6.61 Å². The number of rotatable bonds is 5. The van der Waals surface area contributed by atoms with Crippen molar-refractivity contribution in [3.05, 3.63) is 29.8 Å². The van der Waals surface area contributed by atoms with Crippen molar-refractivity contribution in [2.75, 3.05) is 6.61 Å². The zero-order chi connectivity index (χ0) is 13.0. The van der Waals surface area contributed by atoms with Gasteiger partial charge in [-0.1, -0.05) is 31.5 Å². The Hall–Kier alpha value is -1.06. The Balaban J connectivity index is 2.21. The SMILES string of the molecule is CCOc1ccccc1C(NN)C1CCC(C)C1. The van der Waals surface area contributed by atoms with E-state index in [4.69, 9.17) is 10.6 Å². The van der Waals surface area contributed by atoms with Gasteiger partial charge in [-0.05, 0) is 37.7 Å². The molecule has 0 aromatic heterocycles. The van der Waals surface area contributed by atoms with Crippen molar-refractivity contribution in [1.29, 1.82) is 0 Å². The van der Waals surface area contributed by atoms with Crippen LogP contribution >= 0.6 is 0 Å². The topological polar surface area (TPSA) is 47.3 Å². The highest BCUT2D eigenvalue weighted by molar-refractivity contribution is 5.36. The molecule has 100 valence electrons. The summed E-state index contributed by atoms with van der Waals surface area (Å²) in [4.78, 5) is 0. The first-order valence-corrected chi connectivity index (χ1v) is 6.94. The summed E-state index contributed by atoms with van der Waals surface area (Å²) in [5.74, 6) is 8.18. The number of nitrogens with one attached hydrogen (secondary N) is 1. The van der Waals surface area contributed by atoms with E-state index in [9.17, 15) is 0 Å². The Kier molecular flexibility index (Phi) is 4.61. The van der Waals surface area contributed by atoms with Crippen LogP contribution in [0.5, 0.6) is 5.75 Å². The molecule has 0 heterocycles. The zero-order valence-electron chi connectivity index (χ0n) is 11.4. The molecule has 0 amide bonds. The predicted octanol–water partition coefficient (Wildman–Crippen LogP) is 3.03. The average Bonchev–Trinajstić information content (AvgIpc) is 2.79. The van der Waals surface area contributed by atoms with E-state index in [0.29, 0.717) is 12.5 Å². The van der Waals surface area contributed by atoms with Crippen molar-refractivity contribution in [1.82, 2.24) is 5.43 Å². The summed E-state index contributed by atoms with van der Waals surface area (Å²) in [5.41, 5.74) is 4.19. The van der Waals surface area contributed by atoms with Crippen molar-refractivity contribution in [2.45, 2.75) is 39.2 Å². The number of nitrogens with two attached hydrogens (primary N) is 1. The van der Waals surface area contributed by atoms with Crippen molar-refractivity contribution < 1.29 is 4.74 Å². The van der Waals surface area contributed by atoms with Crippen LogP contribution in [0.25, 0.3) is 0 Å². The van der Waals surface area contributed by atoms with E-state index in [2.05, 4.69) is 24.5 Å². The molecule has 1 aliphatic carbocycles. The molecule has 0 saturated heterocycles. The molecule has 3 unspecified atom stereocenters. The van der Waals surface area contributed by atoms with Crippen LogP contribution in [0.15, 0.2) is 24.3 Å². The maximum Gasteiger partial charge on any atom is 0.124 e. The van der Waals surface area contributed by atoms with Crippen LogP contribution in [0, 0.1) is 11.8 Å². The van der Waals surface area contributed by atoms with Gasteiger partial charge < -0.3 is 4.74 Å². The van der Waals surface area contributed by atoms with E-state index in [1.54, 1.807) is 0 Å². The van der Waals surface area contributed by atoms with Gasteiger partial charge in [-0.15, -0.1) is 0 Å². The van der Waals surface area contributed by atoms with E-state index in [0.717, 1.165) is 11.7 Å². The number of hydrazine groups is 1. The summed E-state index contributed by atoms with van der Waals surface area (Å²) in [7, 11) is 0. The molecular weight excluding hydrogens is 224 g/mol. The van der Waals surface area contributed by atoms with Crippen molar-refractivity contribution in [3.63, 3.8) is 0 Å². The molecule has 1 aliphatic rings. The molecule has 3 N–H and O–H groups in total. The van der Waals surface area contributed by atoms with Gasteiger partial charge in [-0.3, -0.25) is 11.3 Å². The van der Waals surface area contributed by atoms with E-state index >= 15 is 0 Å². The number of hydrogen-bond acceptors (Lipinski definition) is 3. The van der Waals surface area contributed by atoms with E-state index in [1.165, 1.54) is 24.8 Å². The highest BCUT2D eigenvalue weighted by Crippen LogP contribution is 2.40. The number of para-hydroxylation sites is 1. The fraction of sp³-hybridized carbons (Fsp3) is 0.600. The highest BCUT2D eigenvalue weighted by Gasteiger charge is 2.30. The minimum absolute atomic E-state index is 0.206. The molecule has 0 radical (unpaired) electrons. The molecule has 1 aromatic rings. The second kappa shape index (κ2) is 6.21. The lowest BCUT2D eigenvalue weighted by molar-refractivity contribution is 0.312. The molecule has 0 bridgehead atoms. The normalized spacial score (nSPS) is 25.1. The lowest BCUT2D eigenvalue weighted by atomic mass is 9.91. The fourth-order valence-corrected chi connectivity index (χ4v) is 3.06. The van der Waals surface area contributed by atoms with Gasteiger partial charge in [0.15, 0.2) is 0 Å².